The van der Waals surface area contributed by atoms with Crippen LogP contribution in [0.5, 0.6) is 0 Å². The minimum atomic E-state index is -0.363. The third-order valence-corrected chi connectivity index (χ3v) is 2.75. The van der Waals surface area contributed by atoms with Crippen molar-refractivity contribution in [3.63, 3.8) is 0 Å². The molecule has 1 fully saturated rings. The van der Waals surface area contributed by atoms with Gasteiger partial charge < -0.3 is 15.4 Å². The second-order valence-corrected chi connectivity index (χ2v) is 4.29. The van der Waals surface area contributed by atoms with Gasteiger partial charge in [0.15, 0.2) is 0 Å². The largest absolute Gasteiger partial charge is 0.379 e. The number of rotatable bonds is 7. The predicted molar refractivity (Wildman–Crippen MR) is 66.7 cm³/mol. The predicted octanol–water partition coefficient (Wildman–Crippen LogP) is 1.03. The fraction of sp³-hybridized carbons (Fsp3) is 0.909. The Balaban J connectivity index is 0.00000225. The van der Waals surface area contributed by atoms with Crippen molar-refractivity contribution in [1.29, 1.82) is 0 Å². The molecule has 0 heterocycles. The van der Waals surface area contributed by atoms with Gasteiger partial charge in [-0.05, 0) is 25.2 Å². The Kier molecular flexibility index (Phi) is 7.72. The van der Waals surface area contributed by atoms with Crippen LogP contribution in [-0.2, 0) is 9.53 Å². The average Bonchev–Trinajstić information content (AvgIpc) is 3.05. The van der Waals surface area contributed by atoms with Crippen molar-refractivity contribution >= 4 is 18.3 Å². The number of halogens is 1. The van der Waals surface area contributed by atoms with Crippen LogP contribution in [0.4, 0.5) is 0 Å². The number of carbonyl (C=O) groups is 1. The van der Waals surface area contributed by atoms with Gasteiger partial charge in [-0.2, -0.15) is 0 Å². The fourth-order valence-corrected chi connectivity index (χ4v) is 1.30. The molecule has 0 aromatic rings. The van der Waals surface area contributed by atoms with E-state index in [-0.39, 0.29) is 24.4 Å². The molecule has 4 nitrogen and oxygen atoms in total. The van der Waals surface area contributed by atoms with Crippen molar-refractivity contribution in [3.8, 4) is 0 Å². The zero-order valence-corrected chi connectivity index (χ0v) is 11.0. The zero-order valence-electron chi connectivity index (χ0n) is 10.1. The van der Waals surface area contributed by atoms with E-state index in [1.54, 1.807) is 11.9 Å². The summed E-state index contributed by atoms with van der Waals surface area (Å²) in [5, 5.41) is 0. The molecule has 0 spiro atoms. The van der Waals surface area contributed by atoms with E-state index in [0.29, 0.717) is 19.6 Å². The molecule has 0 unspecified atom stereocenters. The van der Waals surface area contributed by atoms with E-state index in [2.05, 4.69) is 0 Å². The van der Waals surface area contributed by atoms with Crippen LogP contribution in [0.15, 0.2) is 0 Å². The first kappa shape index (κ1) is 15.7. The highest BCUT2D eigenvalue weighted by Crippen LogP contribution is 2.28. The average molecular weight is 251 g/mol. The van der Waals surface area contributed by atoms with Crippen LogP contribution in [0.2, 0.25) is 0 Å². The molecule has 1 aliphatic carbocycles. The first-order chi connectivity index (χ1) is 7.15. The van der Waals surface area contributed by atoms with Gasteiger partial charge in [-0.25, -0.2) is 0 Å². The van der Waals surface area contributed by atoms with E-state index in [1.165, 1.54) is 12.8 Å². The van der Waals surface area contributed by atoms with E-state index >= 15 is 0 Å². The molecule has 1 rings (SSSR count). The standard InChI is InChI=1S/C11H22N2O2.ClH/c1-3-10(12)11(14)13(2)6-7-15-8-9-4-5-9;/h9-10H,3-8,12H2,1-2H3;1H/t10-;/m0./s1. The van der Waals surface area contributed by atoms with Crippen molar-refractivity contribution < 1.29 is 9.53 Å². The SMILES string of the molecule is CC[C@H](N)C(=O)N(C)CCOCC1CC1.Cl. The van der Waals surface area contributed by atoms with Crippen LogP contribution >= 0.6 is 12.4 Å². The number of amides is 1. The molecule has 0 saturated heterocycles. The number of nitrogens with two attached hydrogens (primary N) is 1. The van der Waals surface area contributed by atoms with Crippen molar-refractivity contribution in [2.45, 2.75) is 32.2 Å². The van der Waals surface area contributed by atoms with Crippen molar-refractivity contribution in [2.75, 3.05) is 26.8 Å². The second-order valence-electron chi connectivity index (χ2n) is 4.29. The quantitative estimate of drug-likeness (QED) is 0.687. The maximum absolute atomic E-state index is 11.6. The third kappa shape index (κ3) is 5.68. The Hall–Kier alpha value is -0.320. The van der Waals surface area contributed by atoms with E-state index < -0.39 is 0 Å². The summed E-state index contributed by atoms with van der Waals surface area (Å²) in [6.45, 7) is 4.02. The van der Waals surface area contributed by atoms with E-state index in [9.17, 15) is 4.79 Å². The van der Waals surface area contributed by atoms with Crippen LogP contribution in [0.1, 0.15) is 26.2 Å². The van der Waals surface area contributed by atoms with Gasteiger partial charge in [-0.3, -0.25) is 4.79 Å². The lowest BCUT2D eigenvalue weighted by Crippen LogP contribution is -2.42. The maximum Gasteiger partial charge on any atom is 0.239 e. The molecule has 0 radical (unpaired) electrons. The molecule has 1 atom stereocenters. The lowest BCUT2D eigenvalue weighted by molar-refractivity contribution is -0.132. The van der Waals surface area contributed by atoms with Crippen LogP contribution in [0.3, 0.4) is 0 Å². The number of nitrogens with zero attached hydrogens (tertiary/aromatic N) is 1. The zero-order chi connectivity index (χ0) is 11.3. The molecule has 0 aromatic heterocycles. The van der Waals surface area contributed by atoms with Crippen molar-refractivity contribution in [3.05, 3.63) is 0 Å². The van der Waals surface area contributed by atoms with E-state index in [1.807, 2.05) is 6.92 Å². The van der Waals surface area contributed by atoms with Crippen LogP contribution in [0.25, 0.3) is 0 Å². The summed E-state index contributed by atoms with van der Waals surface area (Å²) in [5.74, 6) is 0.788. The summed E-state index contributed by atoms with van der Waals surface area (Å²) in [6, 6.07) is -0.363. The summed E-state index contributed by atoms with van der Waals surface area (Å²) in [7, 11) is 1.78. The number of carbonyl (C=O) groups excluding carboxylic acids is 1. The van der Waals surface area contributed by atoms with Crippen LogP contribution < -0.4 is 5.73 Å². The maximum atomic E-state index is 11.6. The van der Waals surface area contributed by atoms with Crippen LogP contribution in [-0.4, -0.2) is 43.7 Å². The van der Waals surface area contributed by atoms with E-state index in [4.69, 9.17) is 10.5 Å². The minimum Gasteiger partial charge on any atom is -0.379 e. The number of hydrogen-bond acceptors (Lipinski definition) is 3. The van der Waals surface area contributed by atoms with Gasteiger partial charge in [0.2, 0.25) is 5.91 Å². The molecular formula is C11H23ClN2O2. The van der Waals surface area contributed by atoms with E-state index in [0.717, 1.165) is 12.5 Å². The molecule has 0 aliphatic heterocycles. The first-order valence-corrected chi connectivity index (χ1v) is 5.73. The topological polar surface area (TPSA) is 55.6 Å². The smallest absolute Gasteiger partial charge is 0.239 e. The Morgan fingerprint density at radius 1 is 1.56 bits per heavy atom. The number of hydrogen-bond donors (Lipinski definition) is 1. The van der Waals surface area contributed by atoms with Gasteiger partial charge >= 0.3 is 0 Å². The van der Waals surface area contributed by atoms with Gasteiger partial charge in [-0.1, -0.05) is 6.92 Å². The number of likely N-dealkylation sites (N-methyl/N-ethyl adjacent to an activating group) is 1. The molecular weight excluding hydrogens is 228 g/mol. The highest BCUT2D eigenvalue weighted by atomic mass is 35.5. The lowest BCUT2D eigenvalue weighted by Gasteiger charge is -2.20. The molecule has 2 N–H and O–H groups in total. The minimum absolute atomic E-state index is 0. The van der Waals surface area contributed by atoms with Crippen molar-refractivity contribution in [1.82, 2.24) is 4.90 Å². The summed E-state index contributed by atoms with van der Waals surface area (Å²) in [6.07, 6.45) is 3.29. The normalized spacial score (nSPS) is 16.4. The number of ether oxygens (including phenoxy) is 1. The molecule has 1 amide bonds. The molecule has 16 heavy (non-hydrogen) atoms. The Labute approximate surface area is 104 Å². The van der Waals surface area contributed by atoms with Gasteiger partial charge in [0.1, 0.15) is 0 Å². The van der Waals surface area contributed by atoms with Gasteiger partial charge in [0.25, 0.3) is 0 Å². The highest BCUT2D eigenvalue weighted by molar-refractivity contribution is 5.85. The summed E-state index contributed by atoms with van der Waals surface area (Å²) in [5.41, 5.74) is 5.65. The monoisotopic (exact) mass is 250 g/mol. The Bertz CT molecular complexity index is 210. The summed E-state index contributed by atoms with van der Waals surface area (Å²) >= 11 is 0. The molecule has 5 heteroatoms. The van der Waals surface area contributed by atoms with Crippen molar-refractivity contribution in [2.24, 2.45) is 11.7 Å². The molecule has 1 saturated carbocycles. The van der Waals surface area contributed by atoms with Crippen LogP contribution in [0, 0.1) is 5.92 Å². The molecule has 1 aliphatic rings. The first-order valence-electron chi connectivity index (χ1n) is 5.73. The third-order valence-electron chi connectivity index (χ3n) is 2.75. The lowest BCUT2D eigenvalue weighted by atomic mass is 10.2. The van der Waals surface area contributed by atoms with Gasteiger partial charge in [0, 0.05) is 20.2 Å². The molecule has 96 valence electrons. The fourth-order valence-electron chi connectivity index (χ4n) is 1.30. The highest BCUT2D eigenvalue weighted by Gasteiger charge is 2.21. The second kappa shape index (κ2) is 7.87. The summed E-state index contributed by atoms with van der Waals surface area (Å²) in [4.78, 5) is 13.2. The van der Waals surface area contributed by atoms with Gasteiger partial charge in [0.05, 0.1) is 12.6 Å². The van der Waals surface area contributed by atoms with Gasteiger partial charge in [-0.15, -0.1) is 12.4 Å². The molecule has 0 aromatic carbocycles. The molecule has 0 bridgehead atoms. The summed E-state index contributed by atoms with van der Waals surface area (Å²) < 4.78 is 5.46. The Morgan fingerprint density at radius 3 is 2.69 bits per heavy atom. The Morgan fingerprint density at radius 2 is 2.19 bits per heavy atom.